The van der Waals surface area contributed by atoms with Crippen molar-refractivity contribution in [1.29, 1.82) is 0 Å². The van der Waals surface area contributed by atoms with Crippen LogP contribution in [0.3, 0.4) is 0 Å². The summed E-state index contributed by atoms with van der Waals surface area (Å²) in [6, 6.07) is 3.31. The van der Waals surface area contributed by atoms with Crippen LogP contribution in [0.5, 0.6) is 0 Å². The van der Waals surface area contributed by atoms with E-state index in [-0.39, 0.29) is 18.3 Å². The minimum Gasteiger partial charge on any atom is -0.336 e. The Morgan fingerprint density at radius 2 is 2.12 bits per heavy atom. The molecule has 0 saturated carbocycles. The summed E-state index contributed by atoms with van der Waals surface area (Å²) in [4.78, 5) is 8.16. The van der Waals surface area contributed by atoms with Crippen LogP contribution >= 0.6 is 0 Å². The predicted octanol–water partition coefficient (Wildman–Crippen LogP) is 1.41. The molecule has 7 heteroatoms. The van der Waals surface area contributed by atoms with Crippen LogP contribution in [0.1, 0.15) is 5.89 Å². The molecule has 0 spiro atoms. The first-order chi connectivity index (χ1) is 7.70. The first-order valence-electron chi connectivity index (χ1n) is 4.30. The lowest BCUT2D eigenvalue weighted by molar-refractivity contribution is 0.0996. The Morgan fingerprint density at radius 3 is 2.81 bits per heavy atom. The molecule has 1 aromatic carbocycles. The van der Waals surface area contributed by atoms with Crippen LogP contribution in [0, 0.1) is 11.6 Å². The van der Waals surface area contributed by atoms with Crippen molar-refractivity contribution in [1.82, 2.24) is 10.1 Å². The molecule has 0 aliphatic rings. The second kappa shape index (κ2) is 4.33. The van der Waals surface area contributed by atoms with Crippen molar-refractivity contribution in [2.75, 3.05) is 0 Å². The normalized spacial score (nSPS) is 10.7. The molecule has 1 aromatic heterocycles. The van der Waals surface area contributed by atoms with Gasteiger partial charge in [0.1, 0.15) is 6.61 Å². The number of hydrogen-bond donors (Lipinski definition) is 1. The Hall–Kier alpha value is -1.86. The van der Waals surface area contributed by atoms with Crippen LogP contribution in [0.4, 0.5) is 8.78 Å². The minimum atomic E-state index is -0.973. The highest BCUT2D eigenvalue weighted by atomic mass is 19.2. The lowest BCUT2D eigenvalue weighted by atomic mass is 10.2. The fourth-order valence-corrected chi connectivity index (χ4v) is 1.14. The highest BCUT2D eigenvalue weighted by molar-refractivity contribution is 5.54. The molecule has 16 heavy (non-hydrogen) atoms. The summed E-state index contributed by atoms with van der Waals surface area (Å²) in [5, 5.41) is 3.57. The minimum absolute atomic E-state index is 0.0450. The third kappa shape index (κ3) is 2.05. The fourth-order valence-electron chi connectivity index (χ4n) is 1.14. The van der Waals surface area contributed by atoms with Crippen LogP contribution < -0.4 is 5.90 Å². The van der Waals surface area contributed by atoms with Crippen LogP contribution in [0.15, 0.2) is 22.7 Å². The van der Waals surface area contributed by atoms with Gasteiger partial charge in [-0.1, -0.05) is 5.16 Å². The van der Waals surface area contributed by atoms with Crippen molar-refractivity contribution < 1.29 is 18.1 Å². The summed E-state index contributed by atoms with van der Waals surface area (Å²) in [5.41, 5.74) is 0.311. The van der Waals surface area contributed by atoms with Crippen molar-refractivity contribution in [2.24, 2.45) is 5.90 Å². The van der Waals surface area contributed by atoms with Crippen molar-refractivity contribution in [2.45, 2.75) is 6.61 Å². The number of rotatable bonds is 3. The lowest BCUT2D eigenvalue weighted by Gasteiger charge is -1.95. The largest absolute Gasteiger partial charge is 0.336 e. The first-order valence-corrected chi connectivity index (χ1v) is 4.30. The zero-order valence-electron chi connectivity index (χ0n) is 7.98. The molecule has 84 valence electrons. The monoisotopic (exact) mass is 227 g/mol. The lowest BCUT2D eigenvalue weighted by Crippen LogP contribution is -1.98. The van der Waals surface area contributed by atoms with E-state index in [1.165, 1.54) is 6.07 Å². The zero-order chi connectivity index (χ0) is 11.5. The summed E-state index contributed by atoms with van der Waals surface area (Å²) in [7, 11) is 0. The van der Waals surface area contributed by atoms with Crippen molar-refractivity contribution in [3.05, 3.63) is 35.7 Å². The molecule has 0 aliphatic carbocycles. The number of benzene rings is 1. The van der Waals surface area contributed by atoms with E-state index < -0.39 is 11.6 Å². The number of halogens is 2. The van der Waals surface area contributed by atoms with Gasteiger partial charge in [0.2, 0.25) is 5.82 Å². The highest BCUT2D eigenvalue weighted by Crippen LogP contribution is 2.18. The van der Waals surface area contributed by atoms with Crippen LogP contribution in [-0.2, 0) is 11.4 Å². The molecule has 0 aliphatic heterocycles. The Kier molecular flexibility index (Phi) is 2.88. The topological polar surface area (TPSA) is 74.2 Å². The molecule has 0 amide bonds. The van der Waals surface area contributed by atoms with E-state index in [4.69, 9.17) is 10.4 Å². The molecule has 2 N–H and O–H groups in total. The van der Waals surface area contributed by atoms with E-state index in [1.54, 1.807) is 0 Å². The zero-order valence-corrected chi connectivity index (χ0v) is 7.98. The molecule has 0 unspecified atom stereocenters. The Bertz CT molecular complexity index is 501. The van der Waals surface area contributed by atoms with Gasteiger partial charge in [-0.3, -0.25) is 4.84 Å². The predicted molar refractivity (Wildman–Crippen MR) is 48.6 cm³/mol. The van der Waals surface area contributed by atoms with Gasteiger partial charge in [-0.15, -0.1) is 0 Å². The van der Waals surface area contributed by atoms with E-state index >= 15 is 0 Å². The van der Waals surface area contributed by atoms with Crippen LogP contribution in [0.25, 0.3) is 11.4 Å². The van der Waals surface area contributed by atoms with E-state index in [9.17, 15) is 8.78 Å². The van der Waals surface area contributed by atoms with Gasteiger partial charge >= 0.3 is 0 Å². The molecule has 2 aromatic rings. The van der Waals surface area contributed by atoms with Gasteiger partial charge in [0.25, 0.3) is 5.89 Å². The average Bonchev–Trinajstić information content (AvgIpc) is 2.71. The average molecular weight is 227 g/mol. The maximum atomic E-state index is 12.9. The standard InChI is InChI=1S/C9H7F2N3O2/c10-6-2-1-5(3-7(6)11)9-13-8(4-15-12)16-14-9/h1-3H,4,12H2. The maximum Gasteiger partial charge on any atom is 0.255 e. The van der Waals surface area contributed by atoms with Crippen molar-refractivity contribution in [3.63, 3.8) is 0 Å². The molecule has 0 atom stereocenters. The molecule has 0 fully saturated rings. The third-order valence-corrected chi connectivity index (χ3v) is 1.85. The first kappa shape index (κ1) is 10.7. The Balaban J connectivity index is 2.31. The number of nitrogens with zero attached hydrogens (tertiary/aromatic N) is 2. The summed E-state index contributed by atoms with van der Waals surface area (Å²) >= 11 is 0. The SMILES string of the molecule is NOCc1nc(-c2ccc(F)c(F)c2)no1. The van der Waals surface area contributed by atoms with E-state index in [2.05, 4.69) is 15.0 Å². The van der Waals surface area contributed by atoms with Gasteiger partial charge in [-0.05, 0) is 18.2 Å². The van der Waals surface area contributed by atoms with Crippen molar-refractivity contribution >= 4 is 0 Å². The maximum absolute atomic E-state index is 12.9. The molecule has 2 rings (SSSR count). The fraction of sp³-hybridized carbons (Fsp3) is 0.111. The summed E-state index contributed by atoms with van der Waals surface area (Å²) in [6.45, 7) is -0.0450. The Labute approximate surface area is 88.8 Å². The van der Waals surface area contributed by atoms with Gasteiger partial charge in [0, 0.05) is 5.56 Å². The van der Waals surface area contributed by atoms with Crippen LogP contribution in [-0.4, -0.2) is 10.1 Å². The van der Waals surface area contributed by atoms with Gasteiger partial charge in [0.15, 0.2) is 11.6 Å². The molecular formula is C9H7F2N3O2. The second-order valence-electron chi connectivity index (χ2n) is 2.95. The van der Waals surface area contributed by atoms with E-state index in [0.29, 0.717) is 5.56 Å². The summed E-state index contributed by atoms with van der Waals surface area (Å²) in [6.07, 6.45) is 0. The number of aromatic nitrogens is 2. The number of hydrogen-bond acceptors (Lipinski definition) is 5. The van der Waals surface area contributed by atoms with Gasteiger partial charge in [-0.2, -0.15) is 4.98 Å². The summed E-state index contributed by atoms with van der Waals surface area (Å²) in [5.74, 6) is 3.21. The quantitative estimate of drug-likeness (QED) is 0.802. The van der Waals surface area contributed by atoms with Gasteiger partial charge in [-0.25, -0.2) is 14.7 Å². The molecule has 5 nitrogen and oxygen atoms in total. The molecule has 0 bridgehead atoms. The van der Waals surface area contributed by atoms with Crippen LogP contribution in [0.2, 0.25) is 0 Å². The highest BCUT2D eigenvalue weighted by Gasteiger charge is 2.10. The Morgan fingerprint density at radius 1 is 1.31 bits per heavy atom. The number of nitrogens with two attached hydrogens (primary N) is 1. The van der Waals surface area contributed by atoms with Gasteiger partial charge in [0.05, 0.1) is 0 Å². The van der Waals surface area contributed by atoms with E-state index in [0.717, 1.165) is 12.1 Å². The van der Waals surface area contributed by atoms with E-state index in [1.807, 2.05) is 0 Å². The second-order valence-corrected chi connectivity index (χ2v) is 2.95. The third-order valence-electron chi connectivity index (χ3n) is 1.85. The molecule has 0 saturated heterocycles. The van der Waals surface area contributed by atoms with Crippen molar-refractivity contribution in [3.8, 4) is 11.4 Å². The molecule has 1 heterocycles. The molecule has 0 radical (unpaired) electrons. The summed E-state index contributed by atoms with van der Waals surface area (Å²) < 4.78 is 30.3. The van der Waals surface area contributed by atoms with Gasteiger partial charge < -0.3 is 4.52 Å². The smallest absolute Gasteiger partial charge is 0.255 e. The molecular weight excluding hydrogens is 220 g/mol.